The van der Waals surface area contributed by atoms with E-state index in [1.165, 1.54) is 0 Å². The number of hydrogen-bond acceptors (Lipinski definition) is 4. The summed E-state index contributed by atoms with van der Waals surface area (Å²) in [4.78, 5) is 13.7. The van der Waals surface area contributed by atoms with Crippen LogP contribution in [0.3, 0.4) is 0 Å². The number of rotatable bonds is 9. The number of ether oxygens (including phenoxy) is 2. The molecule has 0 aliphatic rings. The van der Waals surface area contributed by atoms with Crippen molar-refractivity contribution in [2.24, 2.45) is 0 Å². The molecule has 0 bridgehead atoms. The topological polar surface area (TPSA) is 55.8 Å². The van der Waals surface area contributed by atoms with Crippen LogP contribution in [0.4, 0.5) is 0 Å². The number of carbonyl (C=O) groups is 1. The van der Waals surface area contributed by atoms with Crippen molar-refractivity contribution in [2.75, 3.05) is 26.5 Å². The summed E-state index contributed by atoms with van der Waals surface area (Å²) in [5.41, 5.74) is 0.922. The maximum absolute atomic E-state index is 12.2. The molecule has 6 heteroatoms. The third kappa shape index (κ3) is 4.83. The first-order valence-corrected chi connectivity index (χ1v) is 8.83. The van der Waals surface area contributed by atoms with Gasteiger partial charge in [0, 0.05) is 23.7 Å². The van der Waals surface area contributed by atoms with Crippen molar-refractivity contribution >= 4 is 17.2 Å². The Hall–Kier alpha value is -2.34. The van der Waals surface area contributed by atoms with E-state index in [0.29, 0.717) is 30.3 Å². The summed E-state index contributed by atoms with van der Waals surface area (Å²) in [6, 6.07) is 14.8. The first-order valence-electron chi connectivity index (χ1n) is 7.51. The summed E-state index contributed by atoms with van der Waals surface area (Å²) >= 11 is 0. The van der Waals surface area contributed by atoms with E-state index >= 15 is 0 Å². The van der Waals surface area contributed by atoms with E-state index in [4.69, 9.17) is 9.47 Å². The molecule has 5 nitrogen and oxygen atoms in total. The quantitative estimate of drug-likeness (QED) is 0.654. The highest BCUT2D eigenvalue weighted by molar-refractivity contribution is 7.85. The lowest BCUT2D eigenvalue weighted by atomic mass is 10.2. The predicted octanol–water partition coefficient (Wildman–Crippen LogP) is 2.47. The van der Waals surface area contributed by atoms with E-state index in [9.17, 15) is 9.00 Å². The Morgan fingerprint density at radius 2 is 1.75 bits per heavy atom. The molecule has 0 N–H and O–H groups in total. The van der Waals surface area contributed by atoms with Crippen LogP contribution in [0.2, 0.25) is 0 Å². The number of amides is 1. The summed E-state index contributed by atoms with van der Waals surface area (Å²) in [6.07, 6.45) is 0.777. The Morgan fingerprint density at radius 3 is 2.38 bits per heavy atom. The van der Waals surface area contributed by atoms with Crippen molar-refractivity contribution in [1.29, 1.82) is 0 Å². The van der Waals surface area contributed by atoms with Crippen LogP contribution in [-0.4, -0.2) is 42.0 Å². The first-order chi connectivity index (χ1) is 11.7. The maximum Gasteiger partial charge on any atom is 0.210 e. The second-order valence-corrected chi connectivity index (χ2v) is 6.70. The fraction of sp³-hybridized carbons (Fsp3) is 0.278. The van der Waals surface area contributed by atoms with Gasteiger partial charge >= 0.3 is 0 Å². The molecule has 0 fully saturated rings. The van der Waals surface area contributed by atoms with Gasteiger partial charge in [-0.2, -0.15) is 0 Å². The Morgan fingerprint density at radius 1 is 1.04 bits per heavy atom. The first kappa shape index (κ1) is 18.0. The lowest BCUT2D eigenvalue weighted by molar-refractivity contribution is -0.118. The van der Waals surface area contributed by atoms with Crippen LogP contribution in [-0.2, 0) is 22.1 Å². The molecule has 0 aliphatic carbocycles. The molecule has 0 heterocycles. The zero-order valence-electron chi connectivity index (χ0n) is 13.8. The molecule has 0 saturated carbocycles. The van der Waals surface area contributed by atoms with E-state index in [0.717, 1.165) is 16.9 Å². The van der Waals surface area contributed by atoms with Crippen molar-refractivity contribution in [3.63, 3.8) is 0 Å². The van der Waals surface area contributed by atoms with Crippen molar-refractivity contribution in [2.45, 2.75) is 11.4 Å². The van der Waals surface area contributed by atoms with Gasteiger partial charge in [0.25, 0.3) is 0 Å². The van der Waals surface area contributed by atoms with Gasteiger partial charge in [0.15, 0.2) is 11.5 Å². The zero-order valence-corrected chi connectivity index (χ0v) is 14.6. The molecule has 1 atom stereocenters. The van der Waals surface area contributed by atoms with Crippen LogP contribution >= 0.6 is 0 Å². The molecule has 1 amide bonds. The average molecular weight is 347 g/mol. The van der Waals surface area contributed by atoms with Gasteiger partial charge in [-0.15, -0.1) is 0 Å². The smallest absolute Gasteiger partial charge is 0.210 e. The van der Waals surface area contributed by atoms with Crippen LogP contribution in [0.15, 0.2) is 53.4 Å². The highest BCUT2D eigenvalue weighted by Crippen LogP contribution is 2.27. The second-order valence-electron chi connectivity index (χ2n) is 5.13. The third-order valence-corrected chi connectivity index (χ3v) is 4.90. The number of carbonyl (C=O) groups excluding carboxylic acids is 1. The molecule has 0 aliphatic heterocycles. The van der Waals surface area contributed by atoms with Gasteiger partial charge in [0.1, 0.15) is 0 Å². The van der Waals surface area contributed by atoms with Gasteiger partial charge in [0.05, 0.1) is 25.0 Å². The van der Waals surface area contributed by atoms with Crippen LogP contribution < -0.4 is 9.47 Å². The van der Waals surface area contributed by atoms with Gasteiger partial charge in [0.2, 0.25) is 6.41 Å². The third-order valence-electron chi connectivity index (χ3n) is 3.55. The fourth-order valence-electron chi connectivity index (χ4n) is 2.27. The molecule has 2 aromatic carbocycles. The van der Waals surface area contributed by atoms with Gasteiger partial charge < -0.3 is 14.4 Å². The molecule has 0 spiro atoms. The van der Waals surface area contributed by atoms with Crippen LogP contribution in [0.5, 0.6) is 11.5 Å². The number of nitrogens with zero attached hydrogens (tertiary/aromatic N) is 1. The van der Waals surface area contributed by atoms with Crippen molar-refractivity contribution in [3.05, 3.63) is 54.1 Å². The Bertz CT molecular complexity index is 691. The molecular weight excluding hydrogens is 326 g/mol. The standard InChI is InChI=1S/C18H21NO4S/c1-22-17-9-8-15(12-18(17)23-2)13-19(14-20)10-11-24(21)16-6-4-3-5-7-16/h3-9,12,14H,10-11,13H2,1-2H3. The largest absolute Gasteiger partial charge is 0.493 e. The summed E-state index contributed by atoms with van der Waals surface area (Å²) < 4.78 is 22.7. The minimum Gasteiger partial charge on any atom is -0.493 e. The van der Waals surface area contributed by atoms with E-state index in [1.54, 1.807) is 25.2 Å². The highest BCUT2D eigenvalue weighted by Gasteiger charge is 2.10. The SMILES string of the molecule is COc1ccc(CN(C=O)CCS(=O)c2ccccc2)cc1OC. The minimum atomic E-state index is -1.12. The van der Waals surface area contributed by atoms with Crippen molar-refractivity contribution in [3.8, 4) is 11.5 Å². The predicted molar refractivity (Wildman–Crippen MR) is 93.7 cm³/mol. The van der Waals surface area contributed by atoms with E-state index in [2.05, 4.69) is 0 Å². The van der Waals surface area contributed by atoms with E-state index in [-0.39, 0.29) is 0 Å². The van der Waals surface area contributed by atoms with Gasteiger partial charge in [-0.25, -0.2) is 0 Å². The minimum absolute atomic E-state index is 0.399. The molecule has 24 heavy (non-hydrogen) atoms. The fourth-order valence-corrected chi connectivity index (χ4v) is 3.37. The molecule has 1 unspecified atom stereocenters. The number of hydrogen-bond donors (Lipinski definition) is 0. The molecule has 2 aromatic rings. The molecule has 2 rings (SSSR count). The Kier molecular flexibility index (Phi) is 6.81. The number of methoxy groups -OCH3 is 2. The molecule has 128 valence electrons. The van der Waals surface area contributed by atoms with Crippen LogP contribution in [0, 0.1) is 0 Å². The normalized spacial score (nSPS) is 11.6. The van der Waals surface area contributed by atoms with Crippen LogP contribution in [0.25, 0.3) is 0 Å². The van der Waals surface area contributed by atoms with Crippen LogP contribution in [0.1, 0.15) is 5.56 Å². The maximum atomic E-state index is 12.2. The van der Waals surface area contributed by atoms with Gasteiger partial charge in [-0.3, -0.25) is 9.00 Å². The lowest BCUT2D eigenvalue weighted by Gasteiger charge is -2.18. The van der Waals surface area contributed by atoms with Gasteiger partial charge in [-0.1, -0.05) is 24.3 Å². The average Bonchev–Trinajstić information content (AvgIpc) is 2.65. The Labute approximate surface area is 144 Å². The lowest BCUT2D eigenvalue weighted by Crippen LogP contribution is -2.26. The summed E-state index contributed by atoms with van der Waals surface area (Å²) in [5, 5.41) is 0. The second kappa shape index (κ2) is 9.08. The monoisotopic (exact) mass is 347 g/mol. The molecule has 0 radical (unpaired) electrons. The Balaban J connectivity index is 1.97. The number of benzene rings is 2. The van der Waals surface area contributed by atoms with Crippen molar-refractivity contribution in [1.82, 2.24) is 4.90 Å². The van der Waals surface area contributed by atoms with E-state index < -0.39 is 10.8 Å². The van der Waals surface area contributed by atoms with E-state index in [1.807, 2.05) is 42.5 Å². The molecular formula is C18H21NO4S. The molecule has 0 saturated heterocycles. The summed E-state index contributed by atoms with van der Waals surface area (Å²) in [6.45, 7) is 0.842. The van der Waals surface area contributed by atoms with Gasteiger partial charge in [-0.05, 0) is 29.8 Å². The van der Waals surface area contributed by atoms with Crippen molar-refractivity contribution < 1.29 is 18.5 Å². The summed E-state index contributed by atoms with van der Waals surface area (Å²) in [7, 11) is 2.03. The highest BCUT2D eigenvalue weighted by atomic mass is 32.2. The zero-order chi connectivity index (χ0) is 17.4. The summed E-state index contributed by atoms with van der Waals surface area (Å²) in [5.74, 6) is 1.66. The molecule has 0 aromatic heterocycles.